The molecule has 0 spiro atoms. The molecule has 15 heteroatoms. The van der Waals surface area contributed by atoms with Gasteiger partial charge in [-0.05, 0) is 124 Å². The molecule has 346 valence electrons. The van der Waals surface area contributed by atoms with Crippen LogP contribution in [0.4, 0.5) is 0 Å². The van der Waals surface area contributed by atoms with Crippen molar-refractivity contribution in [2.24, 2.45) is 17.6 Å². The van der Waals surface area contributed by atoms with Gasteiger partial charge >= 0.3 is 5.97 Å². The van der Waals surface area contributed by atoms with Crippen LogP contribution in [-0.2, 0) is 49.6 Å². The van der Waals surface area contributed by atoms with Gasteiger partial charge in [-0.25, -0.2) is 0 Å². The van der Waals surface area contributed by atoms with E-state index in [4.69, 9.17) is 15.2 Å². The van der Waals surface area contributed by atoms with E-state index in [1.165, 1.54) is 23.6 Å². The summed E-state index contributed by atoms with van der Waals surface area (Å²) in [5.74, 6) is -0.844. The second-order valence-electron chi connectivity index (χ2n) is 18.8. The zero-order chi connectivity index (χ0) is 46.9. The number of ether oxygens (including phenoxy) is 2. The first kappa shape index (κ1) is 54.0. The third-order valence-corrected chi connectivity index (χ3v) is 12.8. The van der Waals surface area contributed by atoms with Crippen LogP contribution in [-0.4, -0.2) is 105 Å². The minimum absolute atomic E-state index is 0.00664. The number of Topliss-reactive ketones (excluding diaryl/α,β-unsaturated/α-hetero) is 2. The number of nitrogens with one attached hydrogen (secondary N) is 3. The smallest absolute Gasteiger partial charge is 0.306 e. The van der Waals surface area contributed by atoms with Crippen molar-refractivity contribution in [2.45, 2.75) is 167 Å². The molecule has 2 atom stereocenters. The molecule has 5 N–H and O–H groups in total. The van der Waals surface area contributed by atoms with E-state index in [2.05, 4.69) is 28.8 Å². The summed E-state index contributed by atoms with van der Waals surface area (Å²) in [6.07, 6.45) is 12.6. The summed E-state index contributed by atoms with van der Waals surface area (Å²) in [4.78, 5) is 90.4. The lowest BCUT2D eigenvalue weighted by atomic mass is 9.81. The predicted molar refractivity (Wildman–Crippen MR) is 242 cm³/mol. The average Bonchev–Trinajstić information content (AvgIpc) is 3.47. The van der Waals surface area contributed by atoms with Crippen molar-refractivity contribution in [3.63, 3.8) is 0 Å². The number of imide groups is 1. The Balaban J connectivity index is 0.00000651. The van der Waals surface area contributed by atoms with Gasteiger partial charge < -0.3 is 20.5 Å². The molecule has 2 aliphatic rings. The predicted octanol–water partition coefficient (Wildman–Crippen LogP) is 5.04. The van der Waals surface area contributed by atoms with Crippen LogP contribution >= 0.6 is 11.8 Å². The second-order valence-corrected chi connectivity index (χ2v) is 20.2. The van der Waals surface area contributed by atoms with Gasteiger partial charge in [0, 0.05) is 43.8 Å². The summed E-state index contributed by atoms with van der Waals surface area (Å²) in [5, 5.41) is 9.33. The van der Waals surface area contributed by atoms with Crippen LogP contribution in [0.2, 0.25) is 0 Å². The van der Waals surface area contributed by atoms with Crippen LogP contribution in [0.15, 0.2) is 30.3 Å². The molecular formula is C47H73N5O9S. The molecule has 14 nitrogen and oxygen atoms in total. The van der Waals surface area contributed by atoms with Gasteiger partial charge in [0.25, 0.3) is 0 Å². The standard InChI is InChI=1S/C45H71N5O9S.C2H2/c1-30(51)44(6,7)48-34(21-22-38(54)58-28-32-14-11-10-12-15-32)39(55)45(8,9)49-42(2,3)29-59-43(4,5)23-24-47-40(56)33-19-17-31(18-20-33)27-50-37(53)26-35(41(50)57)60-25-13-16-36(46)52;1-2/h10-12,14-15,31,33-35,48-49H,13,16-29H2,1-9H3,(H2,46,52)(H,47,56);1-2H. The number of nitrogens with zero attached hydrogens (tertiary/aromatic N) is 1. The molecule has 1 saturated carbocycles. The number of hydrogen-bond acceptors (Lipinski definition) is 12. The Kier molecular flexibility index (Phi) is 21.5. The van der Waals surface area contributed by atoms with Crippen LogP contribution in [0, 0.1) is 24.7 Å². The summed E-state index contributed by atoms with van der Waals surface area (Å²) < 4.78 is 11.8. The lowest BCUT2D eigenvalue weighted by Crippen LogP contribution is -2.64. The maximum Gasteiger partial charge on any atom is 0.306 e. The first-order valence-electron chi connectivity index (χ1n) is 21.7. The minimum Gasteiger partial charge on any atom is -0.461 e. The number of carbonyl (C=O) groups is 7. The van der Waals surface area contributed by atoms with Crippen molar-refractivity contribution >= 4 is 52.9 Å². The van der Waals surface area contributed by atoms with Crippen LogP contribution in [0.5, 0.6) is 0 Å². The molecule has 1 heterocycles. The van der Waals surface area contributed by atoms with Gasteiger partial charge in [-0.15, -0.1) is 24.6 Å². The average molecular weight is 884 g/mol. The van der Waals surface area contributed by atoms with E-state index in [1.54, 1.807) is 27.7 Å². The normalized spacial score (nSPS) is 19.0. The van der Waals surface area contributed by atoms with Crippen molar-refractivity contribution < 1.29 is 43.0 Å². The molecule has 62 heavy (non-hydrogen) atoms. The van der Waals surface area contributed by atoms with E-state index in [1.807, 2.05) is 58.0 Å². The topological polar surface area (TPSA) is 203 Å². The van der Waals surface area contributed by atoms with Crippen molar-refractivity contribution in [1.82, 2.24) is 20.9 Å². The van der Waals surface area contributed by atoms with Gasteiger partial charge in [0.15, 0.2) is 5.78 Å². The number of esters is 1. The molecular weight excluding hydrogens is 811 g/mol. The lowest BCUT2D eigenvalue weighted by Gasteiger charge is -2.40. The molecule has 1 aliphatic carbocycles. The Morgan fingerprint density at radius 1 is 0.919 bits per heavy atom. The Morgan fingerprint density at radius 2 is 1.55 bits per heavy atom. The monoisotopic (exact) mass is 884 g/mol. The van der Waals surface area contributed by atoms with Gasteiger partial charge in [0.05, 0.1) is 34.6 Å². The zero-order valence-electron chi connectivity index (χ0n) is 38.6. The van der Waals surface area contributed by atoms with E-state index >= 15 is 0 Å². The fourth-order valence-electron chi connectivity index (χ4n) is 7.65. The number of carbonyl (C=O) groups excluding carboxylic acids is 7. The number of thioether (sulfide) groups is 1. The van der Waals surface area contributed by atoms with Crippen molar-refractivity contribution in [3.05, 3.63) is 35.9 Å². The number of rotatable bonds is 26. The third-order valence-electron chi connectivity index (χ3n) is 11.5. The molecule has 1 aromatic rings. The van der Waals surface area contributed by atoms with Gasteiger partial charge in [-0.3, -0.25) is 49.1 Å². The number of amides is 4. The van der Waals surface area contributed by atoms with Gasteiger partial charge in [-0.1, -0.05) is 30.3 Å². The lowest BCUT2D eigenvalue weighted by molar-refractivity contribution is -0.145. The second kappa shape index (κ2) is 24.7. The summed E-state index contributed by atoms with van der Waals surface area (Å²) in [7, 11) is 0. The van der Waals surface area contributed by atoms with Crippen molar-refractivity contribution in [3.8, 4) is 12.8 Å². The van der Waals surface area contributed by atoms with E-state index in [0.717, 1.165) is 18.4 Å². The first-order chi connectivity index (χ1) is 28.9. The Bertz CT molecular complexity index is 1700. The number of primary amides is 1. The molecule has 0 radical (unpaired) electrons. The molecule has 0 bridgehead atoms. The largest absolute Gasteiger partial charge is 0.461 e. The fourth-order valence-corrected chi connectivity index (χ4v) is 8.77. The highest BCUT2D eigenvalue weighted by atomic mass is 32.2. The van der Waals surface area contributed by atoms with E-state index in [9.17, 15) is 33.6 Å². The zero-order valence-corrected chi connectivity index (χ0v) is 39.4. The summed E-state index contributed by atoms with van der Waals surface area (Å²) >= 11 is 1.41. The SMILES string of the molecule is C#C.CC(=O)C(C)(C)NC(CCC(=O)OCc1ccccc1)C(=O)C(C)(C)NC(C)(C)COC(C)(C)CCNC(=O)C1CCC(CN2C(=O)CC(SCCCC(N)=O)C2=O)CC1. The van der Waals surface area contributed by atoms with Crippen LogP contribution < -0.4 is 21.7 Å². The highest BCUT2D eigenvalue weighted by Gasteiger charge is 2.42. The Morgan fingerprint density at radius 3 is 2.15 bits per heavy atom. The molecule has 1 saturated heterocycles. The van der Waals surface area contributed by atoms with Crippen LogP contribution in [0.25, 0.3) is 0 Å². The van der Waals surface area contributed by atoms with E-state index in [-0.39, 0.29) is 85.9 Å². The number of terminal acetylenes is 1. The molecule has 3 rings (SSSR count). The summed E-state index contributed by atoms with van der Waals surface area (Å²) in [6, 6.07) is 8.54. The van der Waals surface area contributed by atoms with Gasteiger partial charge in [0.2, 0.25) is 23.6 Å². The van der Waals surface area contributed by atoms with E-state index < -0.39 is 39.5 Å². The summed E-state index contributed by atoms with van der Waals surface area (Å²) in [6.45, 7) is 17.5. The first-order valence-corrected chi connectivity index (χ1v) is 22.8. The summed E-state index contributed by atoms with van der Waals surface area (Å²) in [5.41, 5.74) is 2.72. The van der Waals surface area contributed by atoms with Crippen molar-refractivity contribution in [2.75, 3.05) is 25.4 Å². The number of nitrogens with two attached hydrogens (primary N) is 1. The molecule has 2 fully saturated rings. The van der Waals surface area contributed by atoms with Crippen molar-refractivity contribution in [1.29, 1.82) is 0 Å². The maximum absolute atomic E-state index is 14.2. The van der Waals surface area contributed by atoms with Gasteiger partial charge in [0.1, 0.15) is 12.4 Å². The molecule has 1 aliphatic heterocycles. The Labute approximate surface area is 374 Å². The minimum atomic E-state index is -1.07. The van der Waals surface area contributed by atoms with Crippen LogP contribution in [0.3, 0.4) is 0 Å². The highest BCUT2D eigenvalue weighted by molar-refractivity contribution is 8.00. The molecule has 1 aromatic carbocycles. The number of ketones is 2. The highest BCUT2D eigenvalue weighted by Crippen LogP contribution is 2.33. The quantitative estimate of drug-likeness (QED) is 0.0419. The molecule has 2 unspecified atom stereocenters. The maximum atomic E-state index is 14.2. The van der Waals surface area contributed by atoms with Gasteiger partial charge in [-0.2, -0.15) is 0 Å². The van der Waals surface area contributed by atoms with Crippen LogP contribution in [0.1, 0.15) is 132 Å². The number of likely N-dealkylation sites (tertiary alicyclic amines) is 1. The Hall–Kier alpha value is -4.10. The fraction of sp³-hybridized carbons (Fsp3) is 0.681. The molecule has 4 amide bonds. The number of hydrogen-bond donors (Lipinski definition) is 4. The number of benzene rings is 1. The molecule has 0 aromatic heterocycles. The van der Waals surface area contributed by atoms with E-state index in [0.29, 0.717) is 44.5 Å². The third kappa shape index (κ3) is 18.3.